The van der Waals surface area contributed by atoms with Crippen LogP contribution < -0.4 is 15.4 Å². The molecular formula is C30H42N4O5. The van der Waals surface area contributed by atoms with E-state index < -0.39 is 11.6 Å². The number of allylic oxidation sites excluding steroid dienone is 1. The van der Waals surface area contributed by atoms with Crippen LogP contribution in [0.3, 0.4) is 0 Å². The number of ether oxygens (including phenoxy) is 1. The summed E-state index contributed by atoms with van der Waals surface area (Å²) in [6, 6.07) is 7.99. The molecule has 0 radical (unpaired) electrons. The molecule has 1 aliphatic rings. The molecule has 0 spiro atoms. The first kappa shape index (κ1) is 29.9. The molecule has 0 saturated carbocycles. The summed E-state index contributed by atoms with van der Waals surface area (Å²) in [6.45, 7) is 8.05. The van der Waals surface area contributed by atoms with E-state index >= 15 is 0 Å². The first-order chi connectivity index (χ1) is 18.6. The molecule has 1 aromatic heterocycles. The van der Waals surface area contributed by atoms with Crippen LogP contribution in [-0.4, -0.2) is 47.0 Å². The second-order valence-corrected chi connectivity index (χ2v) is 10.7. The molecule has 1 heterocycles. The highest BCUT2D eigenvalue weighted by atomic mass is 16.5. The maximum Gasteiger partial charge on any atom is 0.247 e. The second-order valence-electron chi connectivity index (χ2n) is 10.7. The second kappa shape index (κ2) is 14.0. The van der Waals surface area contributed by atoms with Crippen LogP contribution in [0.5, 0.6) is 5.75 Å². The van der Waals surface area contributed by atoms with Crippen LogP contribution in [0.1, 0.15) is 89.5 Å². The number of anilines is 1. The van der Waals surface area contributed by atoms with Gasteiger partial charge >= 0.3 is 0 Å². The van der Waals surface area contributed by atoms with Gasteiger partial charge in [-0.05, 0) is 77.0 Å². The van der Waals surface area contributed by atoms with Gasteiger partial charge in [0.05, 0.1) is 7.11 Å². The van der Waals surface area contributed by atoms with Gasteiger partial charge in [-0.25, -0.2) is 0 Å². The molecule has 3 amide bonds. The van der Waals surface area contributed by atoms with Gasteiger partial charge in [-0.1, -0.05) is 35.9 Å². The molecule has 0 fully saturated rings. The third-order valence-corrected chi connectivity index (χ3v) is 7.18. The minimum Gasteiger partial charge on any atom is -0.497 e. The zero-order chi connectivity index (χ0) is 28.4. The van der Waals surface area contributed by atoms with Gasteiger partial charge in [0.2, 0.25) is 17.7 Å². The number of hydrogen-bond acceptors (Lipinski definition) is 6. The quantitative estimate of drug-likeness (QED) is 0.327. The average molecular weight is 539 g/mol. The first-order valence-electron chi connectivity index (χ1n) is 13.8. The molecule has 0 bridgehead atoms. The van der Waals surface area contributed by atoms with Crippen LogP contribution in [0.25, 0.3) is 0 Å². The Labute approximate surface area is 231 Å². The number of nitrogens with zero attached hydrogens (tertiary/aromatic N) is 2. The van der Waals surface area contributed by atoms with Crippen molar-refractivity contribution in [3.8, 4) is 5.75 Å². The van der Waals surface area contributed by atoms with Crippen molar-refractivity contribution in [2.45, 2.75) is 90.6 Å². The average Bonchev–Trinajstić information content (AvgIpc) is 3.34. The summed E-state index contributed by atoms with van der Waals surface area (Å²) in [7, 11) is 1.59. The zero-order valence-electron chi connectivity index (χ0n) is 23.8. The molecule has 39 heavy (non-hydrogen) atoms. The summed E-state index contributed by atoms with van der Waals surface area (Å²) in [6.07, 6.45) is 7.94. The first-order valence-corrected chi connectivity index (χ1v) is 13.8. The lowest BCUT2D eigenvalue weighted by Gasteiger charge is -2.35. The van der Waals surface area contributed by atoms with Crippen molar-refractivity contribution >= 4 is 23.5 Å². The molecule has 1 aliphatic carbocycles. The van der Waals surface area contributed by atoms with Crippen molar-refractivity contribution in [2.24, 2.45) is 0 Å². The van der Waals surface area contributed by atoms with Crippen LogP contribution in [0.15, 0.2) is 46.5 Å². The molecule has 0 saturated heterocycles. The van der Waals surface area contributed by atoms with E-state index in [2.05, 4.69) is 21.9 Å². The number of rotatable bonds is 13. The highest BCUT2D eigenvalue weighted by Crippen LogP contribution is 2.28. The Morgan fingerprint density at radius 3 is 2.49 bits per heavy atom. The van der Waals surface area contributed by atoms with Crippen LogP contribution in [0.4, 0.5) is 5.82 Å². The molecule has 3 rings (SSSR count). The smallest absolute Gasteiger partial charge is 0.247 e. The topological polar surface area (TPSA) is 114 Å². The number of aromatic nitrogens is 1. The van der Waals surface area contributed by atoms with Gasteiger partial charge in [0.15, 0.2) is 5.82 Å². The van der Waals surface area contributed by atoms with Crippen LogP contribution in [0, 0.1) is 6.92 Å². The van der Waals surface area contributed by atoms with Crippen molar-refractivity contribution in [2.75, 3.05) is 19.0 Å². The number of carbonyl (C=O) groups is 3. The molecular weight excluding hydrogens is 496 g/mol. The number of hydrogen-bond donors (Lipinski definition) is 2. The molecule has 9 nitrogen and oxygen atoms in total. The molecule has 9 heteroatoms. The molecule has 2 N–H and O–H groups in total. The van der Waals surface area contributed by atoms with Gasteiger partial charge in [-0.15, -0.1) is 0 Å². The molecule has 1 atom stereocenters. The summed E-state index contributed by atoms with van der Waals surface area (Å²) >= 11 is 0. The fraction of sp³-hybridized carbons (Fsp3) is 0.533. The minimum atomic E-state index is -0.848. The van der Waals surface area contributed by atoms with Gasteiger partial charge < -0.3 is 24.8 Å². The highest BCUT2D eigenvalue weighted by molar-refractivity contribution is 5.94. The van der Waals surface area contributed by atoms with Gasteiger partial charge in [0.1, 0.15) is 17.6 Å². The summed E-state index contributed by atoms with van der Waals surface area (Å²) in [4.78, 5) is 41.7. The van der Waals surface area contributed by atoms with Crippen molar-refractivity contribution in [3.05, 3.63) is 53.3 Å². The lowest BCUT2D eigenvalue weighted by Crippen LogP contribution is -2.50. The Hall–Kier alpha value is -3.62. The van der Waals surface area contributed by atoms with Crippen molar-refractivity contribution in [1.29, 1.82) is 0 Å². The van der Waals surface area contributed by atoms with E-state index in [4.69, 9.17) is 9.26 Å². The lowest BCUT2D eigenvalue weighted by molar-refractivity contribution is -0.142. The zero-order valence-corrected chi connectivity index (χ0v) is 23.8. The standard InChI is InChI=1S/C30H42N4O5/c1-6-30(3,4)32-29(37)28(23-12-14-24(38-5)15-13-23)34(19-18-22-10-8-7-9-11-22)27(36)17-16-26(35)31-25-20-21(2)39-33-25/h10,12-15,20,28H,6-9,11,16-19H2,1-5H3,(H,32,37)(H,31,33,35). The van der Waals surface area contributed by atoms with Gasteiger partial charge in [-0.3, -0.25) is 14.4 Å². The molecule has 0 aliphatic heterocycles. The van der Waals surface area contributed by atoms with Crippen molar-refractivity contribution in [3.63, 3.8) is 0 Å². The summed E-state index contributed by atoms with van der Waals surface area (Å²) in [5.41, 5.74) is 1.55. The summed E-state index contributed by atoms with van der Waals surface area (Å²) in [5.74, 6) is 0.695. The van der Waals surface area contributed by atoms with Crippen LogP contribution in [0.2, 0.25) is 0 Å². The van der Waals surface area contributed by atoms with E-state index in [-0.39, 0.29) is 30.6 Å². The summed E-state index contributed by atoms with van der Waals surface area (Å²) in [5, 5.41) is 9.56. The summed E-state index contributed by atoms with van der Waals surface area (Å²) < 4.78 is 10.3. The Morgan fingerprint density at radius 1 is 1.15 bits per heavy atom. The largest absolute Gasteiger partial charge is 0.497 e. The number of methoxy groups -OCH3 is 1. The Bertz CT molecular complexity index is 1150. The van der Waals surface area contributed by atoms with Gasteiger partial charge in [-0.2, -0.15) is 0 Å². The number of benzene rings is 1. The van der Waals surface area contributed by atoms with Crippen molar-refractivity contribution < 1.29 is 23.6 Å². The molecule has 1 unspecified atom stereocenters. The highest BCUT2D eigenvalue weighted by Gasteiger charge is 2.34. The van der Waals surface area contributed by atoms with E-state index in [9.17, 15) is 14.4 Å². The fourth-order valence-corrected chi connectivity index (χ4v) is 4.54. The van der Waals surface area contributed by atoms with Gasteiger partial charge in [0, 0.05) is 31.0 Å². The van der Waals surface area contributed by atoms with E-state index in [1.54, 1.807) is 37.1 Å². The van der Waals surface area contributed by atoms with Crippen LogP contribution in [-0.2, 0) is 14.4 Å². The normalized spacial score (nSPS) is 14.2. The predicted molar refractivity (Wildman–Crippen MR) is 150 cm³/mol. The minimum absolute atomic E-state index is 0.0403. The number of nitrogens with one attached hydrogen (secondary N) is 2. The lowest BCUT2D eigenvalue weighted by atomic mass is 9.95. The van der Waals surface area contributed by atoms with E-state index in [0.29, 0.717) is 35.9 Å². The Kier molecular flexibility index (Phi) is 10.7. The Morgan fingerprint density at radius 2 is 1.90 bits per heavy atom. The van der Waals surface area contributed by atoms with E-state index in [1.165, 1.54) is 12.0 Å². The maximum atomic E-state index is 13.8. The maximum absolute atomic E-state index is 13.8. The van der Waals surface area contributed by atoms with E-state index in [1.807, 2.05) is 32.9 Å². The molecule has 212 valence electrons. The van der Waals surface area contributed by atoms with E-state index in [0.717, 1.165) is 25.7 Å². The number of amides is 3. The number of carbonyl (C=O) groups excluding carboxylic acids is 3. The van der Waals surface area contributed by atoms with Gasteiger partial charge in [0.25, 0.3) is 0 Å². The molecule has 1 aromatic carbocycles. The third kappa shape index (κ3) is 8.97. The van der Waals surface area contributed by atoms with Crippen LogP contribution >= 0.6 is 0 Å². The molecule has 2 aromatic rings. The van der Waals surface area contributed by atoms with Crippen molar-refractivity contribution in [1.82, 2.24) is 15.4 Å². The third-order valence-electron chi connectivity index (χ3n) is 7.18. The SMILES string of the molecule is CCC(C)(C)NC(=O)C(c1ccc(OC)cc1)N(CCC1=CCCCC1)C(=O)CCC(=O)Nc1cc(C)on1. The monoisotopic (exact) mass is 538 g/mol. The number of aryl methyl sites for hydroxylation is 1. The fourth-order valence-electron chi connectivity index (χ4n) is 4.54. The Balaban J connectivity index is 1.86. The predicted octanol–water partition coefficient (Wildman–Crippen LogP) is 5.48.